The second-order valence-electron chi connectivity index (χ2n) is 5.11. The number of benzene rings is 2. The number of halogens is 1. The van der Waals surface area contributed by atoms with Gasteiger partial charge in [0.1, 0.15) is 0 Å². The molecule has 0 heterocycles. The molecule has 1 N–H and O–H groups in total. The highest BCUT2D eigenvalue weighted by Crippen LogP contribution is 2.12. The van der Waals surface area contributed by atoms with Crippen LogP contribution in [-0.4, -0.2) is 18.0 Å². The molecule has 1 amide bonds. The Morgan fingerprint density at radius 3 is 2.38 bits per heavy atom. The number of hydrogen-bond donors (Lipinski definition) is 1. The average molecular weight is 343 g/mol. The molecular formula is C18H15ClN2O3. The lowest BCUT2D eigenvalue weighted by molar-refractivity contribution is -0.152. The van der Waals surface area contributed by atoms with E-state index in [2.05, 4.69) is 5.32 Å². The number of nitrogens with one attached hydrogen (secondary N) is 1. The zero-order valence-corrected chi connectivity index (χ0v) is 13.7. The van der Waals surface area contributed by atoms with Crippen LogP contribution in [-0.2, 0) is 20.7 Å². The van der Waals surface area contributed by atoms with Gasteiger partial charge in [0, 0.05) is 10.7 Å². The van der Waals surface area contributed by atoms with Crippen LogP contribution in [0, 0.1) is 11.3 Å². The fourth-order valence-electron chi connectivity index (χ4n) is 1.93. The number of nitrogens with zero attached hydrogens (tertiary/aromatic N) is 1. The lowest BCUT2D eigenvalue weighted by atomic mass is 10.1. The summed E-state index contributed by atoms with van der Waals surface area (Å²) in [7, 11) is 0. The van der Waals surface area contributed by atoms with Crippen molar-refractivity contribution in [3.8, 4) is 6.07 Å². The van der Waals surface area contributed by atoms with Crippen molar-refractivity contribution >= 4 is 29.2 Å². The fourth-order valence-corrected chi connectivity index (χ4v) is 2.06. The summed E-state index contributed by atoms with van der Waals surface area (Å²) < 4.78 is 5.13. The smallest absolute Gasteiger partial charge is 0.311 e. The van der Waals surface area contributed by atoms with Crippen LogP contribution in [0.2, 0.25) is 5.02 Å². The molecule has 0 saturated heterocycles. The summed E-state index contributed by atoms with van der Waals surface area (Å²) in [6.45, 7) is 1.50. The Bertz CT molecular complexity index is 764. The number of anilines is 1. The summed E-state index contributed by atoms with van der Waals surface area (Å²) in [5.41, 5.74) is 1.78. The summed E-state index contributed by atoms with van der Waals surface area (Å²) in [4.78, 5) is 23.9. The van der Waals surface area contributed by atoms with Crippen molar-refractivity contribution in [2.45, 2.75) is 19.4 Å². The maximum Gasteiger partial charge on any atom is 0.311 e. The van der Waals surface area contributed by atoms with Crippen molar-refractivity contribution in [2.75, 3.05) is 5.32 Å². The van der Waals surface area contributed by atoms with Crippen LogP contribution in [0.1, 0.15) is 18.1 Å². The van der Waals surface area contributed by atoms with E-state index >= 15 is 0 Å². The number of esters is 1. The second-order valence-corrected chi connectivity index (χ2v) is 5.55. The molecule has 24 heavy (non-hydrogen) atoms. The van der Waals surface area contributed by atoms with E-state index in [0.717, 1.165) is 5.56 Å². The second kappa shape index (κ2) is 8.14. The zero-order valence-electron chi connectivity index (χ0n) is 13.0. The maximum absolute atomic E-state index is 12.0. The van der Waals surface area contributed by atoms with Crippen molar-refractivity contribution in [1.29, 1.82) is 5.26 Å². The Balaban J connectivity index is 1.87. The Labute approximate surface area is 144 Å². The minimum absolute atomic E-state index is 0.0612. The predicted octanol–water partition coefficient (Wildman–Crippen LogP) is 3.32. The molecule has 0 aliphatic heterocycles. The van der Waals surface area contributed by atoms with Crippen LogP contribution in [0.5, 0.6) is 0 Å². The van der Waals surface area contributed by atoms with E-state index in [0.29, 0.717) is 16.3 Å². The third kappa shape index (κ3) is 5.11. The highest BCUT2D eigenvalue weighted by molar-refractivity contribution is 6.30. The first kappa shape index (κ1) is 17.5. The number of nitriles is 1. The number of carbonyl (C=O) groups excluding carboxylic acids is 2. The van der Waals surface area contributed by atoms with Crippen molar-refractivity contribution in [3.05, 3.63) is 64.7 Å². The molecule has 0 aliphatic carbocycles. The zero-order chi connectivity index (χ0) is 17.5. The molecule has 0 aliphatic rings. The monoisotopic (exact) mass is 342 g/mol. The van der Waals surface area contributed by atoms with E-state index in [-0.39, 0.29) is 6.42 Å². The standard InChI is InChI=1S/C18H15ClN2O3/c1-12(18(23)21-16-8-4-14(11-20)5-9-16)24-17(22)10-13-2-6-15(19)7-3-13/h2-9,12H,10H2,1H3,(H,21,23)/t12-/m0/s1. The normalized spacial score (nSPS) is 11.2. The summed E-state index contributed by atoms with van der Waals surface area (Å²) in [6, 6.07) is 15.2. The van der Waals surface area contributed by atoms with Crippen LogP contribution in [0.15, 0.2) is 48.5 Å². The molecule has 0 spiro atoms. The van der Waals surface area contributed by atoms with Gasteiger partial charge in [0.15, 0.2) is 6.10 Å². The van der Waals surface area contributed by atoms with E-state index < -0.39 is 18.0 Å². The molecule has 1 atom stereocenters. The summed E-state index contributed by atoms with van der Waals surface area (Å²) in [5, 5.41) is 11.9. The van der Waals surface area contributed by atoms with Crippen molar-refractivity contribution in [2.24, 2.45) is 0 Å². The van der Waals surface area contributed by atoms with E-state index in [9.17, 15) is 9.59 Å². The van der Waals surface area contributed by atoms with Crippen LogP contribution < -0.4 is 5.32 Å². The quantitative estimate of drug-likeness (QED) is 0.845. The first-order valence-electron chi connectivity index (χ1n) is 7.23. The molecule has 5 nitrogen and oxygen atoms in total. The Morgan fingerprint density at radius 2 is 1.79 bits per heavy atom. The van der Waals surface area contributed by atoms with E-state index in [1.165, 1.54) is 6.92 Å². The summed E-state index contributed by atoms with van der Waals surface area (Å²) in [5.74, 6) is -0.941. The molecule has 0 fully saturated rings. The Kier molecular flexibility index (Phi) is 5.94. The van der Waals surface area contributed by atoms with Gasteiger partial charge in [0.05, 0.1) is 18.1 Å². The van der Waals surface area contributed by atoms with Gasteiger partial charge in [0.25, 0.3) is 5.91 Å². The van der Waals surface area contributed by atoms with Crippen molar-refractivity contribution in [1.82, 2.24) is 0 Å². The highest BCUT2D eigenvalue weighted by atomic mass is 35.5. The third-order valence-electron chi connectivity index (χ3n) is 3.22. The largest absolute Gasteiger partial charge is 0.452 e. The van der Waals surface area contributed by atoms with E-state index in [1.807, 2.05) is 6.07 Å². The SMILES string of the molecule is C[C@H](OC(=O)Cc1ccc(Cl)cc1)C(=O)Nc1ccc(C#N)cc1. The molecule has 122 valence electrons. The van der Waals surface area contributed by atoms with E-state index in [1.54, 1.807) is 48.5 Å². The number of carbonyl (C=O) groups is 2. The number of hydrogen-bond acceptors (Lipinski definition) is 4. The van der Waals surface area contributed by atoms with Gasteiger partial charge in [-0.3, -0.25) is 9.59 Å². The van der Waals surface area contributed by atoms with Crippen molar-refractivity contribution < 1.29 is 14.3 Å². The first-order chi connectivity index (χ1) is 11.5. The minimum atomic E-state index is -0.930. The van der Waals surface area contributed by atoms with Gasteiger partial charge in [0.2, 0.25) is 0 Å². The predicted molar refractivity (Wildman–Crippen MR) is 90.5 cm³/mol. The molecule has 0 unspecified atom stereocenters. The minimum Gasteiger partial charge on any atom is -0.452 e. The van der Waals surface area contributed by atoms with Crippen LogP contribution in [0.3, 0.4) is 0 Å². The van der Waals surface area contributed by atoms with Crippen molar-refractivity contribution in [3.63, 3.8) is 0 Å². The fraction of sp³-hybridized carbons (Fsp3) is 0.167. The summed E-state index contributed by atoms with van der Waals surface area (Å²) in [6.07, 6.45) is -0.869. The van der Waals surface area contributed by atoms with Gasteiger partial charge < -0.3 is 10.1 Å². The molecule has 2 aromatic rings. The van der Waals surface area contributed by atoms with Crippen LogP contribution in [0.4, 0.5) is 5.69 Å². The lowest BCUT2D eigenvalue weighted by Crippen LogP contribution is -2.30. The molecule has 0 aromatic heterocycles. The molecule has 2 aromatic carbocycles. The molecule has 0 radical (unpaired) electrons. The number of amides is 1. The average Bonchev–Trinajstić information content (AvgIpc) is 2.57. The molecule has 6 heteroatoms. The van der Waals surface area contributed by atoms with Gasteiger partial charge in [-0.15, -0.1) is 0 Å². The first-order valence-corrected chi connectivity index (χ1v) is 7.60. The maximum atomic E-state index is 12.0. The molecule has 0 saturated carbocycles. The van der Waals surface area contributed by atoms with E-state index in [4.69, 9.17) is 21.6 Å². The lowest BCUT2D eigenvalue weighted by Gasteiger charge is -2.13. The summed E-state index contributed by atoms with van der Waals surface area (Å²) >= 11 is 5.78. The molecule has 0 bridgehead atoms. The van der Waals surface area contributed by atoms with Crippen LogP contribution in [0.25, 0.3) is 0 Å². The van der Waals surface area contributed by atoms with Gasteiger partial charge >= 0.3 is 5.97 Å². The number of rotatable bonds is 5. The van der Waals surface area contributed by atoms with Gasteiger partial charge in [-0.05, 0) is 48.9 Å². The number of ether oxygens (including phenoxy) is 1. The van der Waals surface area contributed by atoms with Gasteiger partial charge in [-0.1, -0.05) is 23.7 Å². The third-order valence-corrected chi connectivity index (χ3v) is 3.47. The topological polar surface area (TPSA) is 79.2 Å². The highest BCUT2D eigenvalue weighted by Gasteiger charge is 2.18. The Morgan fingerprint density at radius 1 is 1.17 bits per heavy atom. The van der Waals surface area contributed by atoms with Gasteiger partial charge in [-0.25, -0.2) is 0 Å². The van der Waals surface area contributed by atoms with Crippen LogP contribution >= 0.6 is 11.6 Å². The molecular weight excluding hydrogens is 328 g/mol. The Hall–Kier alpha value is -2.84. The molecule has 2 rings (SSSR count). The van der Waals surface area contributed by atoms with Gasteiger partial charge in [-0.2, -0.15) is 5.26 Å².